The zero-order valence-corrected chi connectivity index (χ0v) is 9.94. The van der Waals surface area contributed by atoms with Gasteiger partial charge >= 0.3 is 0 Å². The van der Waals surface area contributed by atoms with Crippen molar-refractivity contribution in [2.75, 3.05) is 0 Å². The van der Waals surface area contributed by atoms with E-state index in [4.69, 9.17) is 0 Å². The summed E-state index contributed by atoms with van der Waals surface area (Å²) in [6, 6.07) is 0. The molecule has 1 fully saturated rings. The van der Waals surface area contributed by atoms with E-state index in [1.807, 2.05) is 20.8 Å². The Balaban J connectivity index is 2.98. The lowest BCUT2D eigenvalue weighted by atomic mass is 9.84. The van der Waals surface area contributed by atoms with Crippen LogP contribution < -0.4 is 10.6 Å². The average Bonchev–Trinajstić information content (AvgIpc) is 2.23. The molecule has 0 spiro atoms. The first-order valence-electron chi connectivity index (χ1n) is 5.59. The van der Waals surface area contributed by atoms with Crippen LogP contribution in [-0.2, 0) is 9.59 Å². The Hall–Kier alpha value is -1.06. The van der Waals surface area contributed by atoms with Gasteiger partial charge in [0.15, 0.2) is 0 Å². The minimum atomic E-state index is -0.745. The summed E-state index contributed by atoms with van der Waals surface area (Å²) in [5.74, 6) is -0.134. The molecule has 0 radical (unpaired) electrons. The second-order valence-corrected chi connectivity index (χ2v) is 4.38. The van der Waals surface area contributed by atoms with Crippen molar-refractivity contribution < 1.29 is 9.59 Å². The number of piperazine rings is 1. The predicted molar refractivity (Wildman–Crippen MR) is 58.3 cm³/mol. The van der Waals surface area contributed by atoms with E-state index in [1.54, 1.807) is 6.92 Å². The van der Waals surface area contributed by atoms with Gasteiger partial charge in [-0.15, -0.1) is 0 Å². The van der Waals surface area contributed by atoms with Gasteiger partial charge in [0.1, 0.15) is 11.1 Å². The maximum atomic E-state index is 12.0. The first kappa shape index (κ1) is 12.0. The van der Waals surface area contributed by atoms with Gasteiger partial charge in [-0.1, -0.05) is 20.8 Å². The number of carbonyl (C=O) groups excluding carboxylic acids is 2. The number of hydrogen-bond donors (Lipinski definition) is 2. The molecule has 0 bridgehead atoms. The summed E-state index contributed by atoms with van der Waals surface area (Å²) < 4.78 is 0. The average molecular weight is 212 g/mol. The van der Waals surface area contributed by atoms with Gasteiger partial charge in [-0.2, -0.15) is 0 Å². The fourth-order valence-corrected chi connectivity index (χ4v) is 1.84. The van der Waals surface area contributed by atoms with E-state index < -0.39 is 11.1 Å². The highest BCUT2D eigenvalue weighted by Crippen LogP contribution is 2.24. The zero-order chi connectivity index (χ0) is 11.7. The number of hydrogen-bond acceptors (Lipinski definition) is 2. The number of carbonyl (C=O) groups is 2. The molecular formula is C11H20N2O2. The van der Waals surface area contributed by atoms with Gasteiger partial charge in [-0.05, 0) is 26.2 Å². The Morgan fingerprint density at radius 3 is 1.87 bits per heavy atom. The van der Waals surface area contributed by atoms with Gasteiger partial charge in [0.05, 0.1) is 0 Å². The molecule has 2 amide bonds. The highest BCUT2D eigenvalue weighted by molar-refractivity contribution is 6.02. The van der Waals surface area contributed by atoms with Crippen molar-refractivity contribution in [2.24, 2.45) is 0 Å². The molecule has 1 unspecified atom stereocenters. The van der Waals surface area contributed by atoms with E-state index >= 15 is 0 Å². The van der Waals surface area contributed by atoms with Crippen LogP contribution in [0.4, 0.5) is 0 Å². The molecular weight excluding hydrogens is 192 g/mol. The number of rotatable bonds is 3. The maximum Gasteiger partial charge on any atom is 0.246 e. The van der Waals surface area contributed by atoms with Crippen LogP contribution in [0.2, 0.25) is 0 Å². The fourth-order valence-electron chi connectivity index (χ4n) is 1.84. The second kappa shape index (κ2) is 3.83. The molecule has 1 aliphatic heterocycles. The van der Waals surface area contributed by atoms with Crippen molar-refractivity contribution in [3.05, 3.63) is 0 Å². The van der Waals surface area contributed by atoms with E-state index in [2.05, 4.69) is 10.6 Å². The molecule has 1 atom stereocenters. The van der Waals surface area contributed by atoms with E-state index in [-0.39, 0.29) is 11.8 Å². The highest BCUT2D eigenvalue weighted by atomic mass is 16.2. The molecule has 1 heterocycles. The highest BCUT2D eigenvalue weighted by Gasteiger charge is 2.48. The Bertz CT molecular complexity index is 284. The minimum Gasteiger partial charge on any atom is -0.340 e. The molecule has 0 aromatic carbocycles. The molecule has 0 saturated carbocycles. The van der Waals surface area contributed by atoms with Crippen molar-refractivity contribution in [2.45, 2.75) is 58.0 Å². The normalized spacial score (nSPS) is 29.6. The lowest BCUT2D eigenvalue weighted by Crippen LogP contribution is -2.73. The van der Waals surface area contributed by atoms with Crippen molar-refractivity contribution in [3.63, 3.8) is 0 Å². The summed E-state index contributed by atoms with van der Waals surface area (Å²) in [4.78, 5) is 23.9. The summed E-state index contributed by atoms with van der Waals surface area (Å²) in [6.45, 7) is 7.48. The summed E-state index contributed by atoms with van der Waals surface area (Å²) in [5, 5.41) is 5.70. The lowest BCUT2D eigenvalue weighted by Gasteiger charge is -2.43. The van der Waals surface area contributed by atoms with Crippen LogP contribution in [0, 0.1) is 0 Å². The minimum absolute atomic E-state index is 0.0588. The molecule has 1 rings (SSSR count). The largest absolute Gasteiger partial charge is 0.340 e. The van der Waals surface area contributed by atoms with Crippen LogP contribution in [0.25, 0.3) is 0 Å². The molecule has 0 aromatic rings. The molecule has 4 nitrogen and oxygen atoms in total. The van der Waals surface area contributed by atoms with Gasteiger partial charge in [-0.3, -0.25) is 9.59 Å². The van der Waals surface area contributed by atoms with Crippen molar-refractivity contribution >= 4 is 11.8 Å². The number of nitrogens with one attached hydrogen (secondary N) is 2. The molecule has 2 N–H and O–H groups in total. The summed E-state index contributed by atoms with van der Waals surface area (Å²) in [5.41, 5.74) is -1.45. The lowest BCUT2D eigenvalue weighted by molar-refractivity contribution is -0.146. The summed E-state index contributed by atoms with van der Waals surface area (Å²) in [6.07, 6.45) is 1.86. The van der Waals surface area contributed by atoms with Crippen LogP contribution in [0.15, 0.2) is 0 Å². The third-order valence-electron chi connectivity index (χ3n) is 3.59. The van der Waals surface area contributed by atoms with Crippen molar-refractivity contribution in [3.8, 4) is 0 Å². The Morgan fingerprint density at radius 1 is 0.933 bits per heavy atom. The third-order valence-corrected chi connectivity index (χ3v) is 3.59. The van der Waals surface area contributed by atoms with E-state index in [0.717, 1.165) is 0 Å². The van der Waals surface area contributed by atoms with Crippen LogP contribution in [-0.4, -0.2) is 22.9 Å². The van der Waals surface area contributed by atoms with Crippen LogP contribution in [0.5, 0.6) is 0 Å². The van der Waals surface area contributed by atoms with Gasteiger partial charge in [0.2, 0.25) is 11.8 Å². The quantitative estimate of drug-likeness (QED) is 0.732. The first-order chi connectivity index (χ1) is 6.94. The van der Waals surface area contributed by atoms with Crippen LogP contribution in [0.1, 0.15) is 47.0 Å². The molecule has 86 valence electrons. The molecule has 1 saturated heterocycles. The van der Waals surface area contributed by atoms with Gasteiger partial charge in [-0.25, -0.2) is 0 Å². The Labute approximate surface area is 90.8 Å². The van der Waals surface area contributed by atoms with Gasteiger partial charge < -0.3 is 10.6 Å². The van der Waals surface area contributed by atoms with E-state index in [9.17, 15) is 9.59 Å². The van der Waals surface area contributed by atoms with Gasteiger partial charge in [0.25, 0.3) is 0 Å². The van der Waals surface area contributed by atoms with Crippen molar-refractivity contribution in [1.82, 2.24) is 10.6 Å². The number of amides is 2. The predicted octanol–water partition coefficient (Wildman–Crippen LogP) is 0.960. The SMILES string of the molecule is CCC1(C)NC(=O)C(CC)(CC)NC1=O. The molecule has 4 heteroatoms. The smallest absolute Gasteiger partial charge is 0.246 e. The molecule has 1 aliphatic rings. The monoisotopic (exact) mass is 212 g/mol. The van der Waals surface area contributed by atoms with Crippen LogP contribution >= 0.6 is 0 Å². The summed E-state index contributed by atoms with van der Waals surface area (Å²) in [7, 11) is 0. The van der Waals surface area contributed by atoms with Crippen molar-refractivity contribution in [1.29, 1.82) is 0 Å². The Kier molecular flexibility index (Phi) is 3.07. The fraction of sp³-hybridized carbons (Fsp3) is 0.818. The third kappa shape index (κ3) is 1.73. The standard InChI is InChI=1S/C11H20N2O2/c1-5-10(4)8(14)13-11(6-2,7-3)9(15)12-10/h5-7H2,1-4H3,(H,12,15)(H,13,14). The topological polar surface area (TPSA) is 58.2 Å². The first-order valence-corrected chi connectivity index (χ1v) is 5.59. The molecule has 0 aromatic heterocycles. The van der Waals surface area contributed by atoms with Crippen LogP contribution in [0.3, 0.4) is 0 Å². The van der Waals surface area contributed by atoms with Gasteiger partial charge in [0, 0.05) is 0 Å². The second-order valence-electron chi connectivity index (χ2n) is 4.38. The molecule has 15 heavy (non-hydrogen) atoms. The molecule has 0 aliphatic carbocycles. The maximum absolute atomic E-state index is 12.0. The Morgan fingerprint density at radius 2 is 1.47 bits per heavy atom. The van der Waals surface area contributed by atoms with E-state index in [0.29, 0.717) is 19.3 Å². The summed E-state index contributed by atoms with van der Waals surface area (Å²) >= 11 is 0. The van der Waals surface area contributed by atoms with E-state index in [1.165, 1.54) is 0 Å². The zero-order valence-electron chi connectivity index (χ0n) is 9.94.